The second-order valence-electron chi connectivity index (χ2n) is 2.74. The van der Waals surface area contributed by atoms with Gasteiger partial charge in [0.1, 0.15) is 5.83 Å². The number of hydrogen-bond acceptors (Lipinski definition) is 0. The maximum Gasteiger partial charge on any atom is 0.107 e. The lowest BCUT2D eigenvalue weighted by atomic mass is 10.0. The van der Waals surface area contributed by atoms with Crippen LogP contribution in [0.2, 0.25) is 0 Å². The predicted octanol–water partition coefficient (Wildman–Crippen LogP) is 3.96. The van der Waals surface area contributed by atoms with Gasteiger partial charge in [0.15, 0.2) is 0 Å². The molecule has 13 heavy (non-hydrogen) atoms. The van der Waals surface area contributed by atoms with E-state index >= 15 is 0 Å². The van der Waals surface area contributed by atoms with Gasteiger partial charge in [-0.2, -0.15) is 0 Å². The zero-order valence-corrected chi connectivity index (χ0v) is 7.76. The van der Waals surface area contributed by atoms with E-state index in [1.807, 2.05) is 30.3 Å². The average molecular weight is 176 g/mol. The summed E-state index contributed by atoms with van der Waals surface area (Å²) in [6.07, 6.45) is 1.98. The van der Waals surface area contributed by atoms with E-state index in [9.17, 15) is 4.39 Å². The summed E-state index contributed by atoms with van der Waals surface area (Å²) in [7, 11) is 0. The van der Waals surface area contributed by atoms with Crippen molar-refractivity contribution in [2.75, 3.05) is 0 Å². The number of rotatable bonds is 3. The molecule has 0 aliphatic heterocycles. The number of hydrogen-bond donors (Lipinski definition) is 0. The third-order valence-corrected chi connectivity index (χ3v) is 1.89. The summed E-state index contributed by atoms with van der Waals surface area (Å²) in [5.74, 6) is -0.110. The van der Waals surface area contributed by atoms with Gasteiger partial charge < -0.3 is 0 Å². The molecule has 0 N–H and O–H groups in total. The maximum atomic E-state index is 13.3. The Bertz CT molecular complexity index is 309. The first kappa shape index (κ1) is 9.72. The van der Waals surface area contributed by atoms with Crippen LogP contribution in [0.25, 0.3) is 5.57 Å². The van der Waals surface area contributed by atoms with Crippen molar-refractivity contribution in [3.8, 4) is 0 Å². The second kappa shape index (κ2) is 4.61. The van der Waals surface area contributed by atoms with Crippen LogP contribution in [-0.2, 0) is 0 Å². The van der Waals surface area contributed by atoms with E-state index in [0.717, 1.165) is 5.56 Å². The highest BCUT2D eigenvalue weighted by Gasteiger charge is 2.02. The van der Waals surface area contributed by atoms with Crippen LogP contribution in [0.1, 0.15) is 18.9 Å². The van der Waals surface area contributed by atoms with E-state index in [2.05, 4.69) is 6.58 Å². The topological polar surface area (TPSA) is 0 Å². The summed E-state index contributed by atoms with van der Waals surface area (Å²) >= 11 is 0. The fourth-order valence-corrected chi connectivity index (χ4v) is 1.19. The van der Waals surface area contributed by atoms with E-state index in [1.54, 1.807) is 13.0 Å². The van der Waals surface area contributed by atoms with Gasteiger partial charge >= 0.3 is 0 Å². The molecule has 0 radical (unpaired) electrons. The smallest absolute Gasteiger partial charge is 0.107 e. The molecule has 0 heterocycles. The Morgan fingerprint density at radius 1 is 1.38 bits per heavy atom. The molecule has 0 bridgehead atoms. The van der Waals surface area contributed by atoms with Gasteiger partial charge in [-0.05, 0) is 12.0 Å². The first-order valence-corrected chi connectivity index (χ1v) is 4.36. The summed E-state index contributed by atoms with van der Waals surface area (Å²) < 4.78 is 13.3. The van der Waals surface area contributed by atoms with Crippen molar-refractivity contribution < 1.29 is 4.39 Å². The van der Waals surface area contributed by atoms with Crippen LogP contribution in [0, 0.1) is 0 Å². The zero-order valence-electron chi connectivity index (χ0n) is 7.76. The molecule has 0 saturated heterocycles. The molecule has 1 rings (SSSR count). The Morgan fingerprint density at radius 3 is 2.46 bits per heavy atom. The van der Waals surface area contributed by atoms with Gasteiger partial charge in [0, 0.05) is 5.57 Å². The fourth-order valence-electron chi connectivity index (χ4n) is 1.19. The number of halogens is 1. The summed E-state index contributed by atoms with van der Waals surface area (Å²) in [6.45, 7) is 5.40. The van der Waals surface area contributed by atoms with Gasteiger partial charge in [-0.25, -0.2) is 4.39 Å². The third kappa shape index (κ3) is 2.28. The van der Waals surface area contributed by atoms with E-state index < -0.39 is 0 Å². The lowest BCUT2D eigenvalue weighted by Gasteiger charge is -2.03. The van der Waals surface area contributed by atoms with Crippen molar-refractivity contribution in [3.05, 3.63) is 54.4 Å². The maximum absolute atomic E-state index is 13.3. The molecule has 68 valence electrons. The van der Waals surface area contributed by atoms with E-state index in [1.165, 1.54) is 0 Å². The minimum absolute atomic E-state index is 0.110. The summed E-state index contributed by atoms with van der Waals surface area (Å²) in [6, 6.07) is 9.45. The van der Waals surface area contributed by atoms with Gasteiger partial charge in [-0.1, -0.05) is 49.9 Å². The Kier molecular flexibility index (Phi) is 3.44. The van der Waals surface area contributed by atoms with Crippen molar-refractivity contribution in [1.82, 2.24) is 0 Å². The van der Waals surface area contributed by atoms with Gasteiger partial charge in [0.2, 0.25) is 0 Å². The van der Waals surface area contributed by atoms with Crippen LogP contribution in [0.5, 0.6) is 0 Å². The predicted molar refractivity (Wildman–Crippen MR) is 55.0 cm³/mol. The van der Waals surface area contributed by atoms with E-state index in [-0.39, 0.29) is 5.83 Å². The van der Waals surface area contributed by atoms with E-state index in [0.29, 0.717) is 12.0 Å². The van der Waals surface area contributed by atoms with Crippen LogP contribution in [0.4, 0.5) is 4.39 Å². The minimum atomic E-state index is -0.110. The molecule has 0 amide bonds. The summed E-state index contributed by atoms with van der Waals surface area (Å²) in [5.41, 5.74) is 1.49. The highest BCUT2D eigenvalue weighted by atomic mass is 19.1. The Balaban J connectivity index is 3.12. The lowest BCUT2D eigenvalue weighted by Crippen LogP contribution is -1.83. The molecule has 1 heteroatoms. The Labute approximate surface area is 78.4 Å². The Morgan fingerprint density at radius 2 is 2.00 bits per heavy atom. The second-order valence-corrected chi connectivity index (χ2v) is 2.74. The van der Waals surface area contributed by atoms with Gasteiger partial charge in [0.05, 0.1) is 0 Å². The van der Waals surface area contributed by atoms with Gasteiger partial charge in [-0.15, -0.1) is 0 Å². The van der Waals surface area contributed by atoms with Gasteiger partial charge in [0.25, 0.3) is 0 Å². The Hall–Kier alpha value is -1.37. The molecular formula is C12H13F. The molecule has 0 spiro atoms. The number of benzene rings is 1. The lowest BCUT2D eigenvalue weighted by molar-refractivity contribution is 0.609. The average Bonchev–Trinajstić information content (AvgIpc) is 2.20. The molecule has 0 aliphatic carbocycles. The normalized spacial score (nSPS) is 12.2. The van der Waals surface area contributed by atoms with Crippen molar-refractivity contribution in [3.63, 3.8) is 0 Å². The molecular weight excluding hydrogens is 163 g/mol. The van der Waals surface area contributed by atoms with Crippen LogP contribution in [0.15, 0.2) is 48.8 Å². The molecule has 0 aliphatic rings. The van der Waals surface area contributed by atoms with Crippen LogP contribution in [0.3, 0.4) is 0 Å². The van der Waals surface area contributed by atoms with E-state index in [4.69, 9.17) is 0 Å². The monoisotopic (exact) mass is 176 g/mol. The van der Waals surface area contributed by atoms with Gasteiger partial charge in [-0.3, -0.25) is 0 Å². The molecule has 1 aromatic carbocycles. The van der Waals surface area contributed by atoms with Crippen molar-refractivity contribution in [2.24, 2.45) is 0 Å². The zero-order chi connectivity index (χ0) is 9.68. The fraction of sp³-hybridized carbons (Fsp3) is 0.167. The molecule has 0 fully saturated rings. The van der Waals surface area contributed by atoms with Crippen LogP contribution in [-0.4, -0.2) is 0 Å². The first-order chi connectivity index (χ1) is 6.29. The van der Waals surface area contributed by atoms with Crippen LogP contribution >= 0.6 is 0 Å². The largest absolute Gasteiger partial charge is 0.211 e. The highest BCUT2D eigenvalue weighted by Crippen LogP contribution is 2.22. The third-order valence-electron chi connectivity index (χ3n) is 1.89. The molecule has 0 nitrogen and oxygen atoms in total. The molecule has 0 atom stereocenters. The first-order valence-electron chi connectivity index (χ1n) is 4.36. The van der Waals surface area contributed by atoms with Crippen LogP contribution < -0.4 is 0 Å². The van der Waals surface area contributed by atoms with Crippen molar-refractivity contribution in [1.29, 1.82) is 0 Å². The number of allylic oxidation sites excluding steroid dienone is 3. The molecule has 0 saturated carbocycles. The highest BCUT2D eigenvalue weighted by molar-refractivity contribution is 5.74. The standard InChI is InChI=1S/C12H13F/c1-3-11(12(13)4-2)10-8-6-5-7-9-10/h3,5-9H,1,4H2,2H3/b12-11-. The molecule has 0 unspecified atom stereocenters. The summed E-state index contributed by atoms with van der Waals surface area (Å²) in [4.78, 5) is 0. The summed E-state index contributed by atoms with van der Waals surface area (Å²) in [5, 5.41) is 0. The van der Waals surface area contributed by atoms with Crippen molar-refractivity contribution in [2.45, 2.75) is 13.3 Å². The minimum Gasteiger partial charge on any atom is -0.211 e. The molecule has 1 aromatic rings. The van der Waals surface area contributed by atoms with Crippen molar-refractivity contribution >= 4 is 5.57 Å². The molecule has 0 aromatic heterocycles. The quantitative estimate of drug-likeness (QED) is 0.611. The SMILES string of the molecule is C=C/C(=C(/F)CC)c1ccccc1.